The van der Waals surface area contributed by atoms with Crippen LogP contribution in [0.3, 0.4) is 0 Å². The first-order valence-corrected chi connectivity index (χ1v) is 9.80. The number of rotatable bonds is 3. The number of hydrogen-bond donors (Lipinski definition) is 1. The van der Waals surface area contributed by atoms with Gasteiger partial charge in [-0.2, -0.15) is 0 Å². The maximum absolute atomic E-state index is 13.6. The lowest BCUT2D eigenvalue weighted by molar-refractivity contribution is -0.180. The highest BCUT2D eigenvalue weighted by molar-refractivity contribution is 5.85. The summed E-state index contributed by atoms with van der Waals surface area (Å²) in [7, 11) is 2.03. The van der Waals surface area contributed by atoms with Gasteiger partial charge in [0, 0.05) is 13.1 Å². The molecule has 4 aliphatic carbocycles. The quantitative estimate of drug-likeness (QED) is 0.834. The van der Waals surface area contributed by atoms with Crippen LogP contribution in [0.5, 0.6) is 0 Å². The number of halogens is 1. The number of hydrogen-bond acceptors (Lipinski definition) is 2. The summed E-state index contributed by atoms with van der Waals surface area (Å²) in [6.45, 7) is 7.97. The molecule has 3 atom stereocenters. The number of carbonyl (C=O) groups is 1. The molecule has 5 rings (SSSR count). The van der Waals surface area contributed by atoms with Gasteiger partial charge in [-0.25, -0.2) is 0 Å². The summed E-state index contributed by atoms with van der Waals surface area (Å²) in [6, 6.07) is 0. The Hall–Kier alpha value is -0.280. The van der Waals surface area contributed by atoms with E-state index < -0.39 is 0 Å². The average molecular weight is 355 g/mol. The van der Waals surface area contributed by atoms with Gasteiger partial charge in [-0.1, -0.05) is 13.8 Å². The van der Waals surface area contributed by atoms with E-state index >= 15 is 0 Å². The van der Waals surface area contributed by atoms with Gasteiger partial charge in [0.15, 0.2) is 0 Å². The van der Waals surface area contributed by atoms with Crippen molar-refractivity contribution in [3.8, 4) is 0 Å². The second kappa shape index (κ2) is 6.16. The zero-order chi connectivity index (χ0) is 16.3. The molecule has 1 saturated heterocycles. The van der Waals surface area contributed by atoms with E-state index in [0.29, 0.717) is 22.7 Å². The fraction of sp³-hybridized carbons (Fsp3) is 0.950. The van der Waals surface area contributed by atoms with Crippen molar-refractivity contribution in [2.75, 3.05) is 26.7 Å². The Bertz CT molecular complexity index is 488. The molecule has 1 amide bonds. The summed E-state index contributed by atoms with van der Waals surface area (Å²) in [4.78, 5) is 15.8. The Balaban J connectivity index is 0.00000169. The largest absolute Gasteiger partial charge is 0.342 e. The molecular weight excluding hydrogens is 320 g/mol. The maximum Gasteiger partial charge on any atom is 0.228 e. The van der Waals surface area contributed by atoms with Gasteiger partial charge in [-0.05, 0) is 87.6 Å². The van der Waals surface area contributed by atoms with E-state index in [2.05, 4.69) is 24.1 Å². The van der Waals surface area contributed by atoms with Crippen LogP contribution in [0.25, 0.3) is 0 Å². The normalized spacial score (nSPS) is 46.7. The topological polar surface area (TPSA) is 32.3 Å². The number of likely N-dealkylation sites (tertiary alicyclic amines) is 1. The van der Waals surface area contributed by atoms with Crippen molar-refractivity contribution in [2.45, 2.75) is 65.2 Å². The minimum absolute atomic E-state index is 0. The van der Waals surface area contributed by atoms with Crippen LogP contribution in [0.1, 0.15) is 65.2 Å². The molecule has 4 bridgehead atoms. The van der Waals surface area contributed by atoms with E-state index in [-0.39, 0.29) is 17.8 Å². The van der Waals surface area contributed by atoms with Crippen LogP contribution in [-0.2, 0) is 4.79 Å². The van der Waals surface area contributed by atoms with Crippen LogP contribution in [0.2, 0.25) is 0 Å². The highest BCUT2D eigenvalue weighted by Gasteiger charge is 2.63. The van der Waals surface area contributed by atoms with Crippen LogP contribution in [-0.4, -0.2) is 37.5 Å². The van der Waals surface area contributed by atoms with Gasteiger partial charge < -0.3 is 10.2 Å². The SMILES string of the molecule is CNCC1CCCN(C(=O)C23CC4CC(C)(CC(C)(C4)C2)C3)C1.Cl. The second-order valence-electron chi connectivity index (χ2n) is 10.2. The van der Waals surface area contributed by atoms with E-state index in [1.54, 1.807) is 0 Å². The lowest BCUT2D eigenvalue weighted by Gasteiger charge is -2.65. The highest BCUT2D eigenvalue weighted by atomic mass is 35.5. The van der Waals surface area contributed by atoms with Gasteiger partial charge in [0.2, 0.25) is 5.91 Å². The minimum Gasteiger partial charge on any atom is -0.342 e. The predicted octanol–water partition coefficient (Wildman–Crippen LogP) is 3.86. The smallest absolute Gasteiger partial charge is 0.228 e. The molecule has 0 aromatic heterocycles. The molecule has 0 aromatic carbocycles. The molecule has 24 heavy (non-hydrogen) atoms. The van der Waals surface area contributed by atoms with Crippen molar-refractivity contribution >= 4 is 18.3 Å². The molecule has 138 valence electrons. The Morgan fingerprint density at radius 2 is 1.79 bits per heavy atom. The number of nitrogens with one attached hydrogen (secondary N) is 1. The van der Waals surface area contributed by atoms with Crippen molar-refractivity contribution in [3.05, 3.63) is 0 Å². The van der Waals surface area contributed by atoms with Crippen molar-refractivity contribution in [2.24, 2.45) is 28.1 Å². The molecule has 1 heterocycles. The van der Waals surface area contributed by atoms with Gasteiger partial charge in [-0.3, -0.25) is 4.79 Å². The van der Waals surface area contributed by atoms with Crippen molar-refractivity contribution in [1.82, 2.24) is 10.2 Å². The molecule has 1 aliphatic heterocycles. The summed E-state index contributed by atoms with van der Waals surface area (Å²) in [5.74, 6) is 1.99. The van der Waals surface area contributed by atoms with Gasteiger partial charge in [0.05, 0.1) is 5.41 Å². The van der Waals surface area contributed by atoms with Crippen LogP contribution >= 0.6 is 12.4 Å². The molecule has 5 aliphatic rings. The van der Waals surface area contributed by atoms with E-state index in [1.165, 1.54) is 38.5 Å². The van der Waals surface area contributed by atoms with E-state index in [1.807, 2.05) is 7.05 Å². The van der Waals surface area contributed by atoms with Crippen molar-refractivity contribution < 1.29 is 4.79 Å². The third kappa shape index (κ3) is 3.00. The lowest BCUT2D eigenvalue weighted by Crippen LogP contribution is -2.61. The van der Waals surface area contributed by atoms with Gasteiger partial charge in [0.1, 0.15) is 0 Å². The first kappa shape index (κ1) is 18.5. The number of amides is 1. The Labute approximate surface area is 153 Å². The first-order valence-electron chi connectivity index (χ1n) is 9.80. The van der Waals surface area contributed by atoms with Crippen LogP contribution in [0.4, 0.5) is 0 Å². The molecule has 3 unspecified atom stereocenters. The fourth-order valence-corrected chi connectivity index (χ4v) is 7.73. The first-order chi connectivity index (χ1) is 10.9. The second-order valence-corrected chi connectivity index (χ2v) is 10.2. The highest BCUT2D eigenvalue weighted by Crippen LogP contribution is 2.69. The molecule has 3 nitrogen and oxygen atoms in total. The summed E-state index contributed by atoms with van der Waals surface area (Å²) in [6.07, 6.45) is 10.1. The monoisotopic (exact) mass is 354 g/mol. The molecule has 4 saturated carbocycles. The molecule has 0 aromatic rings. The Kier molecular flexibility index (Phi) is 4.75. The van der Waals surface area contributed by atoms with Crippen molar-refractivity contribution in [1.29, 1.82) is 0 Å². The molecule has 1 N–H and O–H groups in total. The van der Waals surface area contributed by atoms with Crippen molar-refractivity contribution in [3.63, 3.8) is 0 Å². The molecular formula is C20H35ClN2O. The summed E-state index contributed by atoms with van der Waals surface area (Å²) < 4.78 is 0. The summed E-state index contributed by atoms with van der Waals surface area (Å²) in [5.41, 5.74) is 0.860. The average Bonchev–Trinajstić information content (AvgIpc) is 2.43. The lowest BCUT2D eigenvalue weighted by atomic mass is 9.40. The number of nitrogens with zero attached hydrogens (tertiary/aromatic N) is 1. The van der Waals surface area contributed by atoms with E-state index in [0.717, 1.165) is 38.4 Å². The van der Waals surface area contributed by atoms with Gasteiger partial charge in [-0.15, -0.1) is 12.4 Å². The zero-order valence-corrected chi connectivity index (χ0v) is 16.5. The number of carbonyl (C=O) groups excluding carboxylic acids is 1. The molecule has 0 spiro atoms. The van der Waals surface area contributed by atoms with Gasteiger partial charge >= 0.3 is 0 Å². The fourth-order valence-electron chi connectivity index (χ4n) is 7.73. The van der Waals surface area contributed by atoms with E-state index in [4.69, 9.17) is 0 Å². The third-order valence-electron chi connectivity index (χ3n) is 7.38. The van der Waals surface area contributed by atoms with Crippen LogP contribution < -0.4 is 5.32 Å². The maximum atomic E-state index is 13.6. The zero-order valence-electron chi connectivity index (χ0n) is 15.7. The summed E-state index contributed by atoms with van der Waals surface area (Å²) in [5, 5.41) is 3.31. The van der Waals surface area contributed by atoms with E-state index in [9.17, 15) is 4.79 Å². The van der Waals surface area contributed by atoms with Crippen LogP contribution in [0, 0.1) is 28.1 Å². The van der Waals surface area contributed by atoms with Gasteiger partial charge in [0.25, 0.3) is 0 Å². The Morgan fingerprint density at radius 1 is 1.12 bits per heavy atom. The third-order valence-corrected chi connectivity index (χ3v) is 7.38. The number of piperidine rings is 1. The molecule has 5 fully saturated rings. The summed E-state index contributed by atoms with van der Waals surface area (Å²) >= 11 is 0. The molecule has 4 heteroatoms. The standard InChI is InChI=1S/C20H34N2O.ClH/c1-18-7-16-8-19(2,12-18)14-20(9-16,13-18)17(23)22-6-4-5-15(11-22)10-21-3;/h15-16,21H,4-14H2,1-3H3;1H. The molecule has 0 radical (unpaired) electrons. The minimum atomic E-state index is -0.00947. The predicted molar refractivity (Wildman–Crippen MR) is 100 cm³/mol. The van der Waals surface area contributed by atoms with Crippen LogP contribution in [0.15, 0.2) is 0 Å². The Morgan fingerprint density at radius 3 is 2.38 bits per heavy atom.